The third-order valence-corrected chi connectivity index (χ3v) is 13.5. The number of amides is 1. The van der Waals surface area contributed by atoms with E-state index in [0.29, 0.717) is 29.4 Å². The quantitative estimate of drug-likeness (QED) is 0.348. The summed E-state index contributed by atoms with van der Waals surface area (Å²) >= 11 is 6.00. The maximum Gasteiger partial charge on any atom is 0.227 e. The molecular formula is C30H27ClF3NO6S2. The number of carbonyl (C=O) groups is 1. The van der Waals surface area contributed by atoms with E-state index in [4.69, 9.17) is 16.3 Å². The Balaban J connectivity index is 1.38. The average molecular weight is 654 g/mol. The first kappa shape index (κ1) is 30.0. The lowest BCUT2D eigenvalue weighted by Crippen LogP contribution is -2.53. The van der Waals surface area contributed by atoms with E-state index < -0.39 is 53.8 Å². The predicted molar refractivity (Wildman–Crippen MR) is 153 cm³/mol. The zero-order valence-electron chi connectivity index (χ0n) is 22.7. The van der Waals surface area contributed by atoms with Crippen LogP contribution < -0.4 is 4.74 Å². The first-order valence-electron chi connectivity index (χ1n) is 13.7. The van der Waals surface area contributed by atoms with Crippen LogP contribution in [0.1, 0.15) is 36.0 Å². The molecule has 13 heteroatoms. The minimum atomic E-state index is -4.21. The third-order valence-electron chi connectivity index (χ3n) is 8.82. The molecule has 2 aliphatic heterocycles. The maximum atomic E-state index is 14.5. The fourth-order valence-electron chi connectivity index (χ4n) is 6.77. The first-order chi connectivity index (χ1) is 20.3. The van der Waals surface area contributed by atoms with Gasteiger partial charge in [-0.25, -0.2) is 30.0 Å². The predicted octanol–water partition coefficient (Wildman–Crippen LogP) is 4.99. The summed E-state index contributed by atoms with van der Waals surface area (Å²) in [6, 6.07) is 10.3. The van der Waals surface area contributed by atoms with Crippen molar-refractivity contribution in [2.75, 3.05) is 18.1 Å². The molecule has 1 aliphatic carbocycles. The zero-order valence-corrected chi connectivity index (χ0v) is 25.1. The SMILES string of the molecule is O=C(C1CCS(=O)(=O)C1)N1CC[C@@]2(S(=O)(=O)c3ccc(F)cc3)c3ccc(OCc4c(F)cc(F)cc4Cl)cc3CC[C@@H]12. The number of ether oxygens (including phenoxy) is 1. The second-order valence-corrected chi connectivity index (χ2v) is 16.1. The third kappa shape index (κ3) is 5.10. The van der Waals surface area contributed by atoms with Crippen molar-refractivity contribution in [1.82, 2.24) is 4.90 Å². The number of carbonyl (C=O) groups excluding carboxylic acids is 1. The van der Waals surface area contributed by atoms with E-state index in [1.807, 2.05) is 0 Å². The molecule has 3 atom stereocenters. The Morgan fingerprint density at radius 2 is 1.77 bits per heavy atom. The number of hydrogen-bond acceptors (Lipinski definition) is 6. The van der Waals surface area contributed by atoms with Crippen molar-refractivity contribution in [3.63, 3.8) is 0 Å². The van der Waals surface area contributed by atoms with E-state index in [1.165, 1.54) is 17.0 Å². The highest BCUT2D eigenvalue weighted by Crippen LogP contribution is 2.53. The second-order valence-electron chi connectivity index (χ2n) is 11.2. The van der Waals surface area contributed by atoms with Crippen LogP contribution in [0.4, 0.5) is 13.2 Å². The number of nitrogens with zero attached hydrogens (tertiary/aromatic N) is 1. The molecule has 2 heterocycles. The lowest BCUT2D eigenvalue weighted by Gasteiger charge is -2.43. The van der Waals surface area contributed by atoms with Gasteiger partial charge in [-0.1, -0.05) is 17.7 Å². The van der Waals surface area contributed by atoms with Gasteiger partial charge in [0.2, 0.25) is 5.91 Å². The Hall–Kier alpha value is -3.09. The average Bonchev–Trinajstić information content (AvgIpc) is 3.53. The molecule has 0 radical (unpaired) electrons. The van der Waals surface area contributed by atoms with Gasteiger partial charge in [-0.05, 0) is 79.3 Å². The molecule has 3 aromatic rings. The van der Waals surface area contributed by atoms with Crippen LogP contribution in [0, 0.1) is 23.4 Å². The van der Waals surface area contributed by atoms with Gasteiger partial charge in [-0.15, -0.1) is 0 Å². The molecule has 0 N–H and O–H groups in total. The summed E-state index contributed by atoms with van der Waals surface area (Å²) in [6.45, 7) is -0.182. The Morgan fingerprint density at radius 3 is 2.44 bits per heavy atom. The summed E-state index contributed by atoms with van der Waals surface area (Å²) in [4.78, 5) is 15.1. The molecule has 1 amide bonds. The molecule has 2 fully saturated rings. The number of sulfone groups is 2. The Bertz CT molecular complexity index is 1810. The molecule has 0 saturated carbocycles. The number of hydrogen-bond donors (Lipinski definition) is 0. The lowest BCUT2D eigenvalue weighted by molar-refractivity contribution is -0.136. The van der Waals surface area contributed by atoms with E-state index in [-0.39, 0.29) is 65.3 Å². The van der Waals surface area contributed by atoms with Gasteiger partial charge in [-0.3, -0.25) is 4.79 Å². The number of halogens is 4. The van der Waals surface area contributed by atoms with E-state index in [2.05, 4.69) is 0 Å². The summed E-state index contributed by atoms with van der Waals surface area (Å²) in [5, 5.41) is -0.131. The van der Waals surface area contributed by atoms with Crippen molar-refractivity contribution in [2.45, 2.75) is 48.0 Å². The topological polar surface area (TPSA) is 97.8 Å². The number of aryl methyl sites for hydroxylation is 1. The summed E-state index contributed by atoms with van der Waals surface area (Å²) in [7, 11) is -7.55. The van der Waals surface area contributed by atoms with Crippen LogP contribution in [0.2, 0.25) is 5.02 Å². The molecular weight excluding hydrogens is 627 g/mol. The molecule has 0 aromatic heterocycles. The van der Waals surface area contributed by atoms with E-state index in [1.54, 1.807) is 18.2 Å². The van der Waals surface area contributed by atoms with Crippen molar-refractivity contribution >= 4 is 37.2 Å². The monoisotopic (exact) mass is 653 g/mol. The molecule has 0 spiro atoms. The van der Waals surface area contributed by atoms with Crippen molar-refractivity contribution in [1.29, 1.82) is 0 Å². The van der Waals surface area contributed by atoms with Crippen LogP contribution in [0.25, 0.3) is 0 Å². The maximum absolute atomic E-state index is 14.5. The van der Waals surface area contributed by atoms with Crippen LogP contribution in [0.5, 0.6) is 5.75 Å². The lowest BCUT2D eigenvalue weighted by atomic mass is 9.78. The van der Waals surface area contributed by atoms with E-state index in [9.17, 15) is 34.8 Å². The van der Waals surface area contributed by atoms with Gasteiger partial charge in [-0.2, -0.15) is 0 Å². The number of rotatable bonds is 6. The number of benzene rings is 3. The van der Waals surface area contributed by atoms with Crippen molar-refractivity contribution in [2.24, 2.45) is 5.92 Å². The number of likely N-dealkylation sites (tertiary alicyclic amines) is 1. The van der Waals surface area contributed by atoms with Gasteiger partial charge in [0.25, 0.3) is 0 Å². The zero-order chi connectivity index (χ0) is 30.7. The van der Waals surface area contributed by atoms with Crippen molar-refractivity contribution < 1.29 is 39.5 Å². The highest BCUT2D eigenvalue weighted by molar-refractivity contribution is 7.92. The van der Waals surface area contributed by atoms with Gasteiger partial charge < -0.3 is 9.64 Å². The van der Waals surface area contributed by atoms with Gasteiger partial charge in [0.15, 0.2) is 19.7 Å². The minimum absolute atomic E-state index is 0.0323. The molecule has 7 nitrogen and oxygen atoms in total. The molecule has 228 valence electrons. The van der Waals surface area contributed by atoms with Gasteiger partial charge >= 0.3 is 0 Å². The Kier molecular flexibility index (Phi) is 7.53. The normalized spacial score (nSPS) is 24.4. The minimum Gasteiger partial charge on any atom is -0.489 e. The summed E-state index contributed by atoms with van der Waals surface area (Å²) in [5.41, 5.74) is 1.10. The summed E-state index contributed by atoms with van der Waals surface area (Å²) in [5.74, 6) is -3.41. The highest BCUT2D eigenvalue weighted by atomic mass is 35.5. The smallest absolute Gasteiger partial charge is 0.227 e. The Morgan fingerprint density at radius 1 is 1.02 bits per heavy atom. The van der Waals surface area contributed by atoms with Crippen molar-refractivity contribution in [3.8, 4) is 5.75 Å². The molecule has 6 rings (SSSR count). The van der Waals surface area contributed by atoms with Crippen LogP contribution in [0.15, 0.2) is 59.5 Å². The molecule has 43 heavy (non-hydrogen) atoms. The fourth-order valence-corrected chi connectivity index (χ4v) is 11.1. The molecule has 3 aliphatic rings. The van der Waals surface area contributed by atoms with Crippen LogP contribution >= 0.6 is 11.6 Å². The van der Waals surface area contributed by atoms with Gasteiger partial charge in [0, 0.05) is 18.2 Å². The highest BCUT2D eigenvalue weighted by Gasteiger charge is 2.61. The summed E-state index contributed by atoms with van der Waals surface area (Å²) < 4.78 is 98.9. The van der Waals surface area contributed by atoms with Crippen LogP contribution in [-0.2, 0) is 42.2 Å². The van der Waals surface area contributed by atoms with E-state index in [0.717, 1.165) is 18.2 Å². The standard InChI is InChI=1S/C30H27ClF3NO6S2/c31-26-14-21(33)15-27(34)24(26)16-41-22-4-7-25-18(13-22)1-8-28-30(25,43(39,40)23-5-2-20(32)3-6-23)10-11-35(28)29(36)19-9-12-42(37,38)17-19/h2-7,13-15,19,28H,1,8-12,16-17H2/t19?,28-,30-/m1/s1. The van der Waals surface area contributed by atoms with Gasteiger partial charge in [0.1, 0.15) is 34.6 Å². The van der Waals surface area contributed by atoms with Gasteiger partial charge in [0.05, 0.1) is 33.4 Å². The molecule has 0 bridgehead atoms. The molecule has 1 unspecified atom stereocenters. The van der Waals surface area contributed by atoms with Crippen LogP contribution in [0.3, 0.4) is 0 Å². The fraction of sp³-hybridized carbons (Fsp3) is 0.367. The second kappa shape index (κ2) is 10.8. The summed E-state index contributed by atoms with van der Waals surface area (Å²) in [6.07, 6.45) is 0.918. The van der Waals surface area contributed by atoms with Crippen LogP contribution in [-0.4, -0.2) is 51.7 Å². The number of fused-ring (bicyclic) bond motifs is 3. The first-order valence-corrected chi connectivity index (χ1v) is 17.4. The Labute approximate surface area is 252 Å². The van der Waals surface area contributed by atoms with E-state index >= 15 is 0 Å². The largest absolute Gasteiger partial charge is 0.489 e. The molecule has 3 aromatic carbocycles. The molecule has 2 saturated heterocycles. The van der Waals surface area contributed by atoms with Crippen molar-refractivity contribution in [3.05, 3.63) is 93.8 Å².